The van der Waals surface area contributed by atoms with E-state index in [1.54, 1.807) is 16.7 Å². The number of aliphatic imine (C=N–C) groups is 1. The predicted octanol–water partition coefficient (Wildman–Crippen LogP) is 4.39. The van der Waals surface area contributed by atoms with Crippen LogP contribution in [0.3, 0.4) is 0 Å². The normalized spacial score (nSPS) is 14.0. The standard InChI is InChI=1S/C18H17ClN2OS/c1-13-6-2-4-8-15(13)17(22)21-11-10-20-18(21)23-12-14-7-3-5-9-16(14)19/h2-9H,10-12H2,1H3. The average Bonchev–Trinajstić information content (AvgIpc) is 3.02. The minimum absolute atomic E-state index is 0.0195. The third kappa shape index (κ3) is 3.59. The van der Waals surface area contributed by atoms with Crippen LogP contribution in [-0.2, 0) is 5.75 Å². The van der Waals surface area contributed by atoms with Crippen molar-refractivity contribution in [3.63, 3.8) is 0 Å². The number of carbonyl (C=O) groups is 1. The molecule has 1 amide bonds. The smallest absolute Gasteiger partial charge is 0.260 e. The van der Waals surface area contributed by atoms with Gasteiger partial charge in [0.2, 0.25) is 0 Å². The second-order valence-electron chi connectivity index (χ2n) is 5.32. The third-order valence-electron chi connectivity index (χ3n) is 3.74. The molecular weight excluding hydrogens is 328 g/mol. The summed E-state index contributed by atoms with van der Waals surface area (Å²) in [6, 6.07) is 15.4. The molecule has 23 heavy (non-hydrogen) atoms. The first-order valence-corrected chi connectivity index (χ1v) is 8.81. The SMILES string of the molecule is Cc1ccccc1C(=O)N1CCN=C1SCc1ccccc1Cl. The number of hydrogen-bond acceptors (Lipinski definition) is 3. The molecule has 3 nitrogen and oxygen atoms in total. The number of thioether (sulfide) groups is 1. The number of hydrogen-bond donors (Lipinski definition) is 0. The van der Waals surface area contributed by atoms with Crippen molar-refractivity contribution in [3.05, 3.63) is 70.2 Å². The number of halogens is 1. The molecule has 0 fully saturated rings. The van der Waals surface area contributed by atoms with Crippen molar-refractivity contribution < 1.29 is 4.79 Å². The van der Waals surface area contributed by atoms with Crippen LogP contribution in [0.5, 0.6) is 0 Å². The van der Waals surface area contributed by atoms with E-state index in [0.717, 1.165) is 26.9 Å². The predicted molar refractivity (Wildman–Crippen MR) is 97.3 cm³/mol. The van der Waals surface area contributed by atoms with E-state index in [9.17, 15) is 4.79 Å². The highest BCUT2D eigenvalue weighted by atomic mass is 35.5. The van der Waals surface area contributed by atoms with E-state index < -0.39 is 0 Å². The van der Waals surface area contributed by atoms with Gasteiger partial charge >= 0.3 is 0 Å². The molecule has 0 spiro atoms. The number of rotatable bonds is 3. The minimum Gasteiger partial charge on any atom is -0.286 e. The molecule has 0 saturated heterocycles. The summed E-state index contributed by atoms with van der Waals surface area (Å²) in [6.45, 7) is 3.25. The zero-order valence-electron chi connectivity index (χ0n) is 12.8. The first kappa shape index (κ1) is 16.1. The van der Waals surface area contributed by atoms with Gasteiger partial charge in [-0.1, -0.05) is 59.8 Å². The van der Waals surface area contributed by atoms with E-state index in [0.29, 0.717) is 18.8 Å². The summed E-state index contributed by atoms with van der Waals surface area (Å²) in [4.78, 5) is 19.0. The molecule has 0 N–H and O–H groups in total. The third-order valence-corrected chi connectivity index (χ3v) is 5.17. The number of amides is 1. The van der Waals surface area contributed by atoms with E-state index in [-0.39, 0.29) is 5.91 Å². The number of carbonyl (C=O) groups excluding carboxylic acids is 1. The van der Waals surface area contributed by atoms with Crippen molar-refractivity contribution in [2.45, 2.75) is 12.7 Å². The van der Waals surface area contributed by atoms with Gasteiger partial charge in [0.05, 0.1) is 6.54 Å². The van der Waals surface area contributed by atoms with Gasteiger partial charge in [-0.3, -0.25) is 14.7 Å². The van der Waals surface area contributed by atoms with Gasteiger partial charge in [-0.2, -0.15) is 0 Å². The molecule has 0 atom stereocenters. The van der Waals surface area contributed by atoms with Crippen molar-refractivity contribution in [2.24, 2.45) is 4.99 Å². The second-order valence-corrected chi connectivity index (χ2v) is 6.67. The summed E-state index contributed by atoms with van der Waals surface area (Å²) < 4.78 is 0. The molecular formula is C18H17ClN2OS. The van der Waals surface area contributed by atoms with Gasteiger partial charge in [-0.05, 0) is 30.2 Å². The lowest BCUT2D eigenvalue weighted by molar-refractivity contribution is 0.0860. The first-order chi connectivity index (χ1) is 11.2. The zero-order valence-corrected chi connectivity index (χ0v) is 14.4. The van der Waals surface area contributed by atoms with Gasteiger partial charge in [-0.15, -0.1) is 0 Å². The highest BCUT2D eigenvalue weighted by molar-refractivity contribution is 8.13. The van der Waals surface area contributed by atoms with E-state index in [1.807, 2.05) is 55.5 Å². The molecule has 1 heterocycles. The molecule has 0 saturated carbocycles. The Morgan fingerprint density at radius 3 is 2.74 bits per heavy atom. The maximum Gasteiger partial charge on any atom is 0.260 e. The van der Waals surface area contributed by atoms with Crippen LogP contribution in [0.15, 0.2) is 53.5 Å². The van der Waals surface area contributed by atoms with Crippen LogP contribution in [0.4, 0.5) is 0 Å². The Morgan fingerprint density at radius 1 is 1.22 bits per heavy atom. The largest absolute Gasteiger partial charge is 0.286 e. The molecule has 2 aromatic rings. The molecule has 0 bridgehead atoms. The quantitative estimate of drug-likeness (QED) is 0.827. The summed E-state index contributed by atoms with van der Waals surface area (Å²) in [5, 5.41) is 1.52. The van der Waals surface area contributed by atoms with E-state index in [1.165, 1.54) is 0 Å². The fourth-order valence-electron chi connectivity index (χ4n) is 2.45. The van der Waals surface area contributed by atoms with Crippen molar-refractivity contribution in [1.82, 2.24) is 4.90 Å². The van der Waals surface area contributed by atoms with Crippen LogP contribution in [0, 0.1) is 6.92 Å². The fourth-order valence-corrected chi connectivity index (χ4v) is 3.79. The maximum absolute atomic E-state index is 12.8. The Labute approximate surface area is 145 Å². The number of benzene rings is 2. The summed E-state index contributed by atoms with van der Waals surface area (Å²) >= 11 is 7.75. The Morgan fingerprint density at radius 2 is 1.96 bits per heavy atom. The van der Waals surface area contributed by atoms with Crippen LogP contribution in [0.2, 0.25) is 5.02 Å². The Balaban J connectivity index is 1.72. The molecule has 0 aromatic heterocycles. The fraction of sp³-hybridized carbons (Fsp3) is 0.222. The summed E-state index contributed by atoms with van der Waals surface area (Å²) in [7, 11) is 0. The van der Waals surface area contributed by atoms with Crippen LogP contribution in [0.1, 0.15) is 21.5 Å². The van der Waals surface area contributed by atoms with Crippen molar-refractivity contribution in [3.8, 4) is 0 Å². The summed E-state index contributed by atoms with van der Waals surface area (Å²) in [5.74, 6) is 0.724. The Bertz CT molecular complexity index is 760. The van der Waals surface area contributed by atoms with E-state index in [2.05, 4.69) is 4.99 Å². The minimum atomic E-state index is 0.0195. The van der Waals surface area contributed by atoms with Crippen molar-refractivity contribution in [1.29, 1.82) is 0 Å². The Kier molecular flexibility index (Phi) is 5.03. The molecule has 2 aromatic carbocycles. The topological polar surface area (TPSA) is 32.7 Å². The second kappa shape index (κ2) is 7.20. The molecule has 0 radical (unpaired) electrons. The number of amidine groups is 1. The van der Waals surface area contributed by atoms with Crippen LogP contribution in [0.25, 0.3) is 0 Å². The molecule has 3 rings (SSSR count). The number of aryl methyl sites for hydroxylation is 1. The highest BCUT2D eigenvalue weighted by Crippen LogP contribution is 2.25. The lowest BCUT2D eigenvalue weighted by Crippen LogP contribution is -2.33. The zero-order chi connectivity index (χ0) is 16.2. The maximum atomic E-state index is 12.8. The molecule has 118 valence electrons. The Hall–Kier alpha value is -1.78. The van der Waals surface area contributed by atoms with E-state index >= 15 is 0 Å². The summed E-state index contributed by atoms with van der Waals surface area (Å²) in [5.41, 5.74) is 2.78. The monoisotopic (exact) mass is 344 g/mol. The van der Waals surface area contributed by atoms with Gasteiger partial charge in [0, 0.05) is 22.9 Å². The average molecular weight is 345 g/mol. The lowest BCUT2D eigenvalue weighted by atomic mass is 10.1. The van der Waals surface area contributed by atoms with Crippen molar-refractivity contribution in [2.75, 3.05) is 13.1 Å². The van der Waals surface area contributed by atoms with Gasteiger partial charge in [0.25, 0.3) is 5.91 Å². The molecule has 5 heteroatoms. The number of nitrogens with zero attached hydrogens (tertiary/aromatic N) is 2. The van der Waals surface area contributed by atoms with Gasteiger partial charge in [0.1, 0.15) is 0 Å². The highest BCUT2D eigenvalue weighted by Gasteiger charge is 2.26. The lowest BCUT2D eigenvalue weighted by Gasteiger charge is -2.19. The van der Waals surface area contributed by atoms with E-state index in [4.69, 9.17) is 11.6 Å². The van der Waals surface area contributed by atoms with Crippen molar-refractivity contribution >= 4 is 34.4 Å². The van der Waals surface area contributed by atoms with Crippen LogP contribution < -0.4 is 0 Å². The molecule has 1 aliphatic heterocycles. The molecule has 1 aliphatic rings. The molecule has 0 aliphatic carbocycles. The van der Waals surface area contributed by atoms with Crippen LogP contribution in [-0.4, -0.2) is 29.1 Å². The van der Waals surface area contributed by atoms with Gasteiger partial charge in [0.15, 0.2) is 5.17 Å². The summed E-state index contributed by atoms with van der Waals surface area (Å²) in [6.07, 6.45) is 0. The van der Waals surface area contributed by atoms with Gasteiger partial charge < -0.3 is 0 Å². The first-order valence-electron chi connectivity index (χ1n) is 7.45. The molecule has 0 unspecified atom stereocenters. The van der Waals surface area contributed by atoms with Crippen LogP contribution >= 0.6 is 23.4 Å². The van der Waals surface area contributed by atoms with Gasteiger partial charge in [-0.25, -0.2) is 0 Å².